The number of carbonyl (C=O) groups excluding carboxylic acids is 3. The third-order valence-corrected chi connectivity index (χ3v) is 6.48. The maximum atomic E-state index is 15.0. The highest BCUT2D eigenvalue weighted by atomic mass is 32.1. The first-order valence-electron chi connectivity index (χ1n) is 11.4. The van der Waals surface area contributed by atoms with E-state index in [1.807, 2.05) is 4.90 Å². The van der Waals surface area contributed by atoms with Gasteiger partial charge in [0.2, 0.25) is 0 Å². The van der Waals surface area contributed by atoms with E-state index in [1.165, 1.54) is 23.1 Å². The van der Waals surface area contributed by atoms with Gasteiger partial charge in [0, 0.05) is 37.1 Å². The van der Waals surface area contributed by atoms with Crippen LogP contribution in [0.15, 0.2) is 42.5 Å². The van der Waals surface area contributed by atoms with E-state index in [-0.39, 0.29) is 24.8 Å². The SMILES string of the molecule is O=C(S)NCC1CN(c2ccc(N3CCN(C(=O)c4cc5cc(F)ccc5[nH]4)CC3)c(F)c2)C(=O)O1. The zero-order valence-electron chi connectivity index (χ0n) is 19.0. The van der Waals surface area contributed by atoms with Crippen LogP contribution in [0.4, 0.5) is 29.7 Å². The minimum absolute atomic E-state index is 0.115. The molecule has 0 saturated carbocycles. The van der Waals surface area contributed by atoms with Crippen molar-refractivity contribution in [3.05, 3.63) is 59.8 Å². The number of H-pyrrole nitrogens is 1. The first-order valence-corrected chi connectivity index (χ1v) is 11.8. The molecule has 2 aliphatic heterocycles. The van der Waals surface area contributed by atoms with Crippen LogP contribution in [0.5, 0.6) is 0 Å². The lowest BCUT2D eigenvalue weighted by atomic mass is 10.2. The van der Waals surface area contributed by atoms with Crippen molar-refractivity contribution in [3.8, 4) is 0 Å². The molecule has 2 aromatic carbocycles. The van der Waals surface area contributed by atoms with E-state index in [0.29, 0.717) is 54.2 Å². The fourth-order valence-electron chi connectivity index (χ4n) is 4.50. The largest absolute Gasteiger partial charge is 0.442 e. The number of amides is 3. The van der Waals surface area contributed by atoms with Gasteiger partial charge in [-0.3, -0.25) is 14.5 Å². The second-order valence-corrected chi connectivity index (χ2v) is 9.04. The molecule has 1 unspecified atom stereocenters. The number of carbonyl (C=O) groups is 3. The predicted molar refractivity (Wildman–Crippen MR) is 133 cm³/mol. The third kappa shape index (κ3) is 4.81. The van der Waals surface area contributed by atoms with E-state index in [1.54, 1.807) is 29.2 Å². The molecule has 3 amide bonds. The molecule has 0 spiro atoms. The molecule has 0 aliphatic carbocycles. The van der Waals surface area contributed by atoms with E-state index in [2.05, 4.69) is 22.9 Å². The molecule has 1 atom stereocenters. The van der Waals surface area contributed by atoms with Crippen molar-refractivity contribution in [2.45, 2.75) is 6.10 Å². The van der Waals surface area contributed by atoms with Crippen LogP contribution in [0.25, 0.3) is 10.9 Å². The summed E-state index contributed by atoms with van der Waals surface area (Å²) in [5, 5.41) is 2.56. The molecule has 3 heterocycles. The summed E-state index contributed by atoms with van der Waals surface area (Å²) in [6, 6.07) is 10.4. The van der Waals surface area contributed by atoms with Crippen LogP contribution in [0, 0.1) is 11.6 Å². The quantitative estimate of drug-likeness (QED) is 0.453. The number of piperazine rings is 1. The van der Waals surface area contributed by atoms with Crippen LogP contribution < -0.4 is 15.1 Å². The molecule has 12 heteroatoms. The van der Waals surface area contributed by atoms with Crippen molar-refractivity contribution in [1.29, 1.82) is 0 Å². The molecule has 1 aromatic heterocycles. The highest BCUT2D eigenvalue weighted by Crippen LogP contribution is 2.29. The van der Waals surface area contributed by atoms with Gasteiger partial charge in [0.05, 0.1) is 24.5 Å². The molecule has 2 fully saturated rings. The highest BCUT2D eigenvalue weighted by Gasteiger charge is 2.33. The normalized spacial score (nSPS) is 18.0. The summed E-state index contributed by atoms with van der Waals surface area (Å²) in [4.78, 5) is 43.9. The fraction of sp³-hybridized carbons (Fsp3) is 0.292. The van der Waals surface area contributed by atoms with E-state index < -0.39 is 23.3 Å². The zero-order valence-corrected chi connectivity index (χ0v) is 19.9. The van der Waals surface area contributed by atoms with E-state index >= 15 is 4.39 Å². The Kier molecular flexibility index (Phi) is 6.44. The second kappa shape index (κ2) is 9.69. The van der Waals surface area contributed by atoms with Crippen molar-refractivity contribution in [2.75, 3.05) is 49.1 Å². The van der Waals surface area contributed by atoms with Crippen LogP contribution in [-0.4, -0.2) is 72.5 Å². The Bertz CT molecular complexity index is 1340. The van der Waals surface area contributed by atoms with Gasteiger partial charge < -0.3 is 24.8 Å². The van der Waals surface area contributed by atoms with Gasteiger partial charge in [0.25, 0.3) is 11.1 Å². The van der Waals surface area contributed by atoms with Crippen molar-refractivity contribution < 1.29 is 27.9 Å². The van der Waals surface area contributed by atoms with Crippen molar-refractivity contribution in [1.82, 2.24) is 15.2 Å². The summed E-state index contributed by atoms with van der Waals surface area (Å²) >= 11 is 3.62. The van der Waals surface area contributed by atoms with Crippen LogP contribution >= 0.6 is 12.6 Å². The number of halogens is 2. The minimum atomic E-state index is -0.618. The van der Waals surface area contributed by atoms with Crippen LogP contribution in [0.1, 0.15) is 10.5 Å². The van der Waals surface area contributed by atoms with Crippen LogP contribution in [-0.2, 0) is 4.74 Å². The molecule has 2 saturated heterocycles. The number of hydrogen-bond donors (Lipinski definition) is 3. The average Bonchev–Trinajstić information content (AvgIpc) is 3.45. The van der Waals surface area contributed by atoms with E-state index in [0.717, 1.165) is 0 Å². The highest BCUT2D eigenvalue weighted by molar-refractivity contribution is 7.96. The van der Waals surface area contributed by atoms with Gasteiger partial charge in [0.15, 0.2) is 0 Å². The Hall–Kier alpha value is -3.80. The van der Waals surface area contributed by atoms with Gasteiger partial charge in [-0.05, 0) is 42.5 Å². The Morgan fingerprint density at radius 3 is 2.58 bits per heavy atom. The number of thiol groups is 1. The molecule has 0 radical (unpaired) electrons. The smallest absolute Gasteiger partial charge is 0.414 e. The predicted octanol–water partition coefficient (Wildman–Crippen LogP) is 3.37. The Balaban J connectivity index is 1.21. The van der Waals surface area contributed by atoms with Gasteiger partial charge in [-0.15, -0.1) is 0 Å². The lowest BCUT2D eigenvalue weighted by Crippen LogP contribution is -2.49. The number of nitrogens with one attached hydrogen (secondary N) is 2. The molecule has 2 aliphatic rings. The first kappa shape index (κ1) is 23.9. The number of aromatic nitrogens is 1. The second-order valence-electron chi connectivity index (χ2n) is 8.63. The first-order chi connectivity index (χ1) is 17.3. The Morgan fingerprint density at radius 2 is 1.86 bits per heavy atom. The van der Waals surface area contributed by atoms with Crippen molar-refractivity contribution in [3.63, 3.8) is 0 Å². The third-order valence-electron chi connectivity index (χ3n) is 6.32. The van der Waals surface area contributed by atoms with Crippen molar-refractivity contribution in [2.24, 2.45) is 0 Å². The standard InChI is InChI=1S/C24H23F2N5O4S/c25-15-1-3-19-14(9-15)10-20(28-19)22(32)30-7-5-29(6-8-30)21-4-2-16(11-18(21)26)31-13-17(35-24(31)34)12-27-23(33)36/h1-4,9-11,17,28H,5-8,12-13H2,(H2,27,33,36). The number of nitrogens with zero attached hydrogens (tertiary/aromatic N) is 3. The Labute approximate surface area is 210 Å². The monoisotopic (exact) mass is 515 g/mol. The van der Waals surface area contributed by atoms with Gasteiger partial charge >= 0.3 is 6.09 Å². The van der Waals surface area contributed by atoms with Gasteiger partial charge in [0.1, 0.15) is 23.4 Å². The molecular weight excluding hydrogens is 492 g/mol. The summed E-state index contributed by atoms with van der Waals surface area (Å²) in [6.07, 6.45) is -1.18. The molecule has 2 N–H and O–H groups in total. The van der Waals surface area contributed by atoms with E-state index in [9.17, 15) is 18.8 Å². The summed E-state index contributed by atoms with van der Waals surface area (Å²) in [6.45, 7) is 1.92. The number of hydrogen-bond acceptors (Lipinski definition) is 5. The van der Waals surface area contributed by atoms with Gasteiger partial charge in [-0.25, -0.2) is 13.6 Å². The number of aromatic amines is 1. The average molecular weight is 516 g/mol. The zero-order chi connectivity index (χ0) is 25.4. The minimum Gasteiger partial charge on any atom is -0.442 e. The number of benzene rings is 2. The lowest BCUT2D eigenvalue weighted by molar-refractivity contribution is 0.0741. The molecule has 188 valence electrons. The number of fused-ring (bicyclic) bond motifs is 1. The topological polar surface area (TPSA) is 98.0 Å². The lowest BCUT2D eigenvalue weighted by Gasteiger charge is -2.36. The number of cyclic esters (lactones) is 1. The molecule has 0 bridgehead atoms. The van der Waals surface area contributed by atoms with E-state index in [4.69, 9.17) is 4.74 Å². The summed E-state index contributed by atoms with van der Waals surface area (Å²) in [7, 11) is 0. The maximum Gasteiger partial charge on any atom is 0.414 e. The van der Waals surface area contributed by atoms with Gasteiger partial charge in [-0.1, -0.05) is 12.6 Å². The molecular formula is C24H23F2N5O4S. The molecule has 9 nitrogen and oxygen atoms in total. The number of ether oxygens (including phenoxy) is 1. The number of rotatable bonds is 5. The molecule has 3 aromatic rings. The Morgan fingerprint density at radius 1 is 1.08 bits per heavy atom. The summed E-state index contributed by atoms with van der Waals surface area (Å²) < 4.78 is 33.7. The maximum absolute atomic E-state index is 15.0. The molecule has 36 heavy (non-hydrogen) atoms. The van der Waals surface area contributed by atoms with Crippen LogP contribution in [0.3, 0.4) is 0 Å². The van der Waals surface area contributed by atoms with Crippen molar-refractivity contribution >= 4 is 52.1 Å². The molecule has 5 rings (SSSR count). The fourth-order valence-corrected chi connectivity index (χ4v) is 4.59. The summed E-state index contributed by atoms with van der Waals surface area (Å²) in [5.74, 6) is -1.06. The summed E-state index contributed by atoms with van der Waals surface area (Å²) in [5.41, 5.74) is 1.79. The van der Waals surface area contributed by atoms with Gasteiger partial charge in [-0.2, -0.15) is 0 Å². The number of anilines is 2. The van der Waals surface area contributed by atoms with Crippen LogP contribution in [0.2, 0.25) is 0 Å².